The van der Waals surface area contributed by atoms with Crippen molar-refractivity contribution in [1.29, 1.82) is 0 Å². The normalized spacial score (nSPS) is 23.5. The van der Waals surface area contributed by atoms with E-state index in [1.165, 1.54) is 0 Å². The number of imide groups is 1. The van der Waals surface area contributed by atoms with Crippen molar-refractivity contribution in [2.24, 2.45) is 5.92 Å². The van der Waals surface area contributed by atoms with Gasteiger partial charge in [0, 0.05) is 30.0 Å². The second-order valence-corrected chi connectivity index (χ2v) is 19.7. The van der Waals surface area contributed by atoms with Gasteiger partial charge in [-0.15, -0.1) is 0 Å². The SMILES string of the molecule is CC(NC(=O)N1C(=O)C2(c3cc(C#CC4=CCCCC4)ccc31)C(C(=O)Nc1ccc(N3CCOCC3)cc1)C1C(=O)OC(c3ccccc3)C(c3ccccc3)N1C2c1ccc(OCCO)cc1)c1ccccc1. The Balaban J connectivity index is 1.16. The molecule has 380 valence electrons. The molecule has 7 atom stereocenters. The highest BCUT2D eigenvalue weighted by molar-refractivity contribution is 6.25. The van der Waals surface area contributed by atoms with Crippen LogP contribution in [-0.2, 0) is 29.3 Å². The zero-order valence-corrected chi connectivity index (χ0v) is 41.8. The highest BCUT2D eigenvalue weighted by atomic mass is 16.6. The van der Waals surface area contributed by atoms with E-state index >= 15 is 19.2 Å². The highest BCUT2D eigenvalue weighted by Crippen LogP contribution is 2.66. The molecular formula is C62H59N5O8. The minimum Gasteiger partial charge on any atom is -0.491 e. The first-order valence-electron chi connectivity index (χ1n) is 25.9. The number of hydrogen-bond acceptors (Lipinski definition) is 10. The summed E-state index contributed by atoms with van der Waals surface area (Å²) in [7, 11) is 0. The lowest BCUT2D eigenvalue weighted by Gasteiger charge is -2.46. The topological polar surface area (TPSA) is 150 Å². The van der Waals surface area contributed by atoms with Crippen molar-refractivity contribution < 1.29 is 38.5 Å². The number of allylic oxidation sites excluding steroid dienone is 2. The number of morpholine rings is 2. The van der Waals surface area contributed by atoms with Crippen LogP contribution in [0.4, 0.5) is 21.9 Å². The van der Waals surface area contributed by atoms with E-state index in [1.807, 2.05) is 151 Å². The minimum atomic E-state index is -2.00. The Labute approximate surface area is 437 Å². The van der Waals surface area contributed by atoms with Gasteiger partial charge in [-0.2, -0.15) is 0 Å². The summed E-state index contributed by atoms with van der Waals surface area (Å²) in [6.45, 7) is 4.35. The third-order valence-electron chi connectivity index (χ3n) is 15.3. The molecule has 0 aromatic heterocycles. The molecule has 6 aromatic rings. The van der Waals surface area contributed by atoms with Gasteiger partial charge in [0.15, 0.2) is 0 Å². The molecule has 5 aliphatic rings. The first-order chi connectivity index (χ1) is 36.7. The van der Waals surface area contributed by atoms with E-state index in [-0.39, 0.29) is 18.9 Å². The van der Waals surface area contributed by atoms with Crippen LogP contribution in [0.1, 0.15) is 90.2 Å². The summed E-state index contributed by atoms with van der Waals surface area (Å²) in [6.07, 6.45) is 5.19. The van der Waals surface area contributed by atoms with Crippen LogP contribution >= 0.6 is 0 Å². The van der Waals surface area contributed by atoms with Crippen molar-refractivity contribution in [3.05, 3.63) is 203 Å². The fourth-order valence-electron chi connectivity index (χ4n) is 11.9. The molecule has 4 heterocycles. The lowest BCUT2D eigenvalue weighted by atomic mass is 9.65. The summed E-state index contributed by atoms with van der Waals surface area (Å²) in [6, 6.07) is 44.3. The molecular weight excluding hydrogens is 943 g/mol. The van der Waals surface area contributed by atoms with E-state index in [2.05, 4.69) is 33.5 Å². The van der Waals surface area contributed by atoms with Crippen molar-refractivity contribution in [3.8, 4) is 17.6 Å². The highest BCUT2D eigenvalue weighted by Gasteiger charge is 2.75. The summed E-state index contributed by atoms with van der Waals surface area (Å²) in [5, 5.41) is 16.0. The number of nitrogens with one attached hydrogen (secondary N) is 2. The molecule has 3 N–H and O–H groups in total. The predicted molar refractivity (Wildman–Crippen MR) is 286 cm³/mol. The van der Waals surface area contributed by atoms with E-state index in [0.29, 0.717) is 41.3 Å². The zero-order chi connectivity index (χ0) is 51.5. The second-order valence-electron chi connectivity index (χ2n) is 19.7. The second kappa shape index (κ2) is 21.4. The number of carbonyl (C=O) groups is 4. The van der Waals surface area contributed by atoms with Crippen LogP contribution < -0.4 is 25.2 Å². The molecule has 3 fully saturated rings. The van der Waals surface area contributed by atoms with Crippen molar-refractivity contribution >= 4 is 40.9 Å². The number of rotatable bonds is 11. The number of aliphatic hydroxyl groups excluding tert-OH is 1. The Morgan fingerprint density at radius 2 is 1.48 bits per heavy atom. The largest absolute Gasteiger partial charge is 0.491 e. The van der Waals surface area contributed by atoms with Crippen LogP contribution in [0.3, 0.4) is 0 Å². The van der Waals surface area contributed by atoms with Gasteiger partial charge in [-0.05, 0) is 121 Å². The summed E-state index contributed by atoms with van der Waals surface area (Å²) in [5.74, 6) is 3.75. The zero-order valence-electron chi connectivity index (χ0n) is 41.8. The van der Waals surface area contributed by atoms with Gasteiger partial charge in [-0.1, -0.05) is 121 Å². The number of cyclic esters (lactones) is 1. The van der Waals surface area contributed by atoms with Gasteiger partial charge in [0.2, 0.25) is 11.8 Å². The van der Waals surface area contributed by atoms with Crippen molar-refractivity contribution in [1.82, 2.24) is 10.2 Å². The molecule has 75 heavy (non-hydrogen) atoms. The van der Waals surface area contributed by atoms with E-state index in [9.17, 15) is 5.11 Å². The number of amides is 4. The van der Waals surface area contributed by atoms with E-state index in [4.69, 9.17) is 14.2 Å². The predicted octanol–water partition coefficient (Wildman–Crippen LogP) is 9.52. The van der Waals surface area contributed by atoms with Gasteiger partial charge < -0.3 is 34.9 Å². The van der Waals surface area contributed by atoms with E-state index in [0.717, 1.165) is 71.6 Å². The number of anilines is 3. The van der Waals surface area contributed by atoms with Crippen LogP contribution in [0.25, 0.3) is 0 Å². The molecule has 7 unspecified atom stereocenters. The number of carbonyl (C=O) groups excluding carboxylic acids is 4. The monoisotopic (exact) mass is 1000 g/mol. The molecule has 1 spiro atoms. The summed E-state index contributed by atoms with van der Waals surface area (Å²) in [5.41, 5.74) is 4.56. The van der Waals surface area contributed by atoms with Crippen LogP contribution in [0, 0.1) is 17.8 Å². The number of nitrogens with zero attached hydrogens (tertiary/aromatic N) is 3. The molecule has 0 radical (unpaired) electrons. The Hall–Kier alpha value is -8.02. The van der Waals surface area contributed by atoms with Crippen molar-refractivity contribution in [2.75, 3.05) is 54.6 Å². The lowest BCUT2D eigenvalue weighted by Crippen LogP contribution is -2.55. The smallest absolute Gasteiger partial charge is 0.329 e. The van der Waals surface area contributed by atoms with Gasteiger partial charge in [0.25, 0.3) is 0 Å². The molecule has 13 heteroatoms. The Kier molecular flexibility index (Phi) is 14.1. The maximum Gasteiger partial charge on any atom is 0.329 e. The third kappa shape index (κ3) is 9.35. The summed E-state index contributed by atoms with van der Waals surface area (Å²) in [4.78, 5) is 69.4. The Morgan fingerprint density at radius 3 is 2.16 bits per heavy atom. The van der Waals surface area contributed by atoms with E-state index < -0.39 is 65.4 Å². The number of ether oxygens (including phenoxy) is 3. The fraction of sp³-hybridized carbons (Fsp3) is 0.290. The number of fused-ring (bicyclic) bond motifs is 3. The van der Waals surface area contributed by atoms with Gasteiger partial charge in [-0.3, -0.25) is 19.3 Å². The maximum atomic E-state index is 16.9. The average molecular weight is 1000 g/mol. The number of benzene rings is 6. The third-order valence-corrected chi connectivity index (χ3v) is 15.3. The van der Waals surface area contributed by atoms with Crippen molar-refractivity contribution in [3.63, 3.8) is 0 Å². The molecule has 6 aromatic carbocycles. The molecule has 4 aliphatic heterocycles. The molecule has 13 nitrogen and oxygen atoms in total. The standard InChI is InChI=1S/C62H59N5O8/c1-41(44-16-8-3-9-17-44)63-61(72)66-52-33-24-43(23-22-42-14-6-2-7-15-42)40-51(52)62(60(66)71)53(58(69)64-48-27-29-49(30-28-48)65-34-37-73-38-35-65)55-59(70)75-56(46-20-12-5-13-21-46)54(45-18-10-4-11-19-45)67(55)57(62)47-25-31-50(32-26-47)74-39-36-68/h3-5,8-14,16-21,24-33,40-41,53-57,68H,2,6-7,15,34-39H2,1H3,(H,63,72)(H,64,69). The Bertz CT molecular complexity index is 3150. The first-order valence-corrected chi connectivity index (χ1v) is 25.9. The molecule has 4 amide bonds. The van der Waals surface area contributed by atoms with Crippen molar-refractivity contribution in [2.45, 2.75) is 68.3 Å². The summed E-state index contributed by atoms with van der Waals surface area (Å²) >= 11 is 0. The van der Waals surface area contributed by atoms with Gasteiger partial charge in [-0.25, -0.2) is 9.69 Å². The van der Waals surface area contributed by atoms with Crippen LogP contribution in [-0.4, -0.2) is 79.4 Å². The quantitative estimate of drug-likeness (QED) is 0.0847. The molecule has 0 bridgehead atoms. The summed E-state index contributed by atoms with van der Waals surface area (Å²) < 4.78 is 18.2. The average Bonchev–Trinajstić information content (AvgIpc) is 4.13. The first kappa shape index (κ1) is 49.2. The molecule has 11 rings (SSSR count). The van der Waals surface area contributed by atoms with Crippen LogP contribution in [0.5, 0.6) is 5.75 Å². The Morgan fingerprint density at radius 1 is 0.787 bits per heavy atom. The molecule has 0 saturated carbocycles. The van der Waals surface area contributed by atoms with Gasteiger partial charge >= 0.3 is 12.0 Å². The fourth-order valence-corrected chi connectivity index (χ4v) is 11.9. The van der Waals surface area contributed by atoms with Gasteiger partial charge in [0.1, 0.15) is 29.9 Å². The van der Waals surface area contributed by atoms with Crippen LogP contribution in [0.2, 0.25) is 0 Å². The number of aliphatic hydroxyl groups is 1. The minimum absolute atomic E-state index is 0.0509. The number of esters is 1. The molecule has 3 saturated heterocycles. The number of hydrogen-bond donors (Lipinski definition) is 3. The maximum absolute atomic E-state index is 16.9. The molecule has 1 aliphatic carbocycles. The number of urea groups is 1. The van der Waals surface area contributed by atoms with Crippen LogP contribution in [0.15, 0.2) is 169 Å². The lowest BCUT2D eigenvalue weighted by molar-refractivity contribution is -0.177. The van der Waals surface area contributed by atoms with Gasteiger partial charge in [0.05, 0.1) is 49.6 Å². The van der Waals surface area contributed by atoms with E-state index in [1.54, 1.807) is 18.2 Å².